The molecule has 3 rings (SSSR count). The van der Waals surface area contributed by atoms with Crippen LogP contribution < -0.4 is 5.73 Å². The Hall–Kier alpha value is -1.42. The molecule has 0 spiro atoms. The largest absolute Gasteiger partial charge is 0.340 e. The summed E-state index contributed by atoms with van der Waals surface area (Å²) in [5.41, 5.74) is 6.75. The molecule has 1 heterocycles. The molecule has 0 unspecified atom stereocenters. The van der Waals surface area contributed by atoms with Gasteiger partial charge in [-0.3, -0.25) is 0 Å². The first-order valence-electron chi connectivity index (χ1n) is 4.63. The van der Waals surface area contributed by atoms with Crippen LogP contribution in [0.4, 0.5) is 4.39 Å². The summed E-state index contributed by atoms with van der Waals surface area (Å²) in [5.74, 6) is 0.409. The molecule has 14 heavy (non-hydrogen) atoms. The number of nitrogens with two attached hydrogens (primary N) is 1. The smallest absolute Gasteiger partial charge is 0.151 e. The molecule has 0 aliphatic heterocycles. The monoisotopic (exact) mass is 191 g/mol. The van der Waals surface area contributed by atoms with Crippen LogP contribution in [0.15, 0.2) is 18.2 Å². The molecule has 2 aromatic rings. The van der Waals surface area contributed by atoms with Gasteiger partial charge in [0.25, 0.3) is 0 Å². The number of aromatic nitrogens is 2. The van der Waals surface area contributed by atoms with Crippen molar-refractivity contribution in [3.05, 3.63) is 29.8 Å². The summed E-state index contributed by atoms with van der Waals surface area (Å²) in [6.07, 6.45) is 1.85. The normalized spacial score (nSPS) is 18.7. The third kappa shape index (κ3) is 0.974. The number of hydrogen-bond acceptors (Lipinski definition) is 2. The van der Waals surface area contributed by atoms with Gasteiger partial charge in [-0.05, 0) is 25.0 Å². The van der Waals surface area contributed by atoms with E-state index in [-0.39, 0.29) is 11.4 Å². The molecule has 0 amide bonds. The Morgan fingerprint density at radius 1 is 1.43 bits per heavy atom. The van der Waals surface area contributed by atoms with Crippen molar-refractivity contribution in [2.75, 3.05) is 0 Å². The maximum Gasteiger partial charge on any atom is 0.151 e. The van der Waals surface area contributed by atoms with Crippen LogP contribution in [0, 0.1) is 5.82 Å². The van der Waals surface area contributed by atoms with Crippen molar-refractivity contribution in [1.82, 2.24) is 9.97 Å². The number of aromatic amines is 1. The Labute approximate surface area is 80.1 Å². The fourth-order valence-corrected chi connectivity index (χ4v) is 1.60. The summed E-state index contributed by atoms with van der Waals surface area (Å²) in [4.78, 5) is 7.25. The van der Waals surface area contributed by atoms with Crippen LogP contribution >= 0.6 is 0 Å². The van der Waals surface area contributed by atoms with E-state index in [2.05, 4.69) is 9.97 Å². The molecule has 72 valence electrons. The van der Waals surface area contributed by atoms with E-state index in [1.54, 1.807) is 12.1 Å². The average molecular weight is 191 g/mol. The minimum atomic E-state index is -0.328. The fraction of sp³-hybridized carbons (Fsp3) is 0.300. The first-order chi connectivity index (χ1) is 6.69. The SMILES string of the molecule is NC1(c2nc3c(F)cccc3[nH]2)CC1. The predicted molar refractivity (Wildman–Crippen MR) is 51.2 cm³/mol. The highest BCUT2D eigenvalue weighted by molar-refractivity contribution is 5.75. The minimum Gasteiger partial charge on any atom is -0.340 e. The third-order valence-corrected chi connectivity index (χ3v) is 2.72. The van der Waals surface area contributed by atoms with E-state index >= 15 is 0 Å². The highest BCUT2D eigenvalue weighted by Crippen LogP contribution is 2.41. The topological polar surface area (TPSA) is 54.7 Å². The summed E-state index contributed by atoms with van der Waals surface area (Å²) in [6, 6.07) is 4.87. The number of halogens is 1. The molecular weight excluding hydrogens is 181 g/mol. The summed E-state index contributed by atoms with van der Waals surface area (Å²) in [5, 5.41) is 0. The van der Waals surface area contributed by atoms with Crippen molar-refractivity contribution in [3.8, 4) is 0 Å². The van der Waals surface area contributed by atoms with Crippen molar-refractivity contribution in [1.29, 1.82) is 0 Å². The molecule has 3 N–H and O–H groups in total. The van der Waals surface area contributed by atoms with Crippen molar-refractivity contribution in [3.63, 3.8) is 0 Å². The van der Waals surface area contributed by atoms with Crippen LogP contribution in [0.2, 0.25) is 0 Å². The Morgan fingerprint density at radius 2 is 2.21 bits per heavy atom. The summed E-state index contributed by atoms with van der Waals surface area (Å²) < 4.78 is 13.3. The molecule has 4 heteroatoms. The number of imidazole rings is 1. The Kier molecular flexibility index (Phi) is 1.32. The third-order valence-electron chi connectivity index (χ3n) is 2.72. The summed E-state index contributed by atoms with van der Waals surface area (Å²) in [7, 11) is 0. The Bertz CT molecular complexity index is 499. The summed E-state index contributed by atoms with van der Waals surface area (Å²) in [6.45, 7) is 0. The van der Waals surface area contributed by atoms with E-state index in [1.807, 2.05) is 0 Å². The highest BCUT2D eigenvalue weighted by atomic mass is 19.1. The zero-order valence-corrected chi connectivity index (χ0v) is 7.55. The van der Waals surface area contributed by atoms with Crippen molar-refractivity contribution in [2.45, 2.75) is 18.4 Å². The number of H-pyrrole nitrogens is 1. The molecular formula is C10H10FN3. The van der Waals surface area contributed by atoms with Crippen LogP contribution in [0.5, 0.6) is 0 Å². The molecule has 1 fully saturated rings. The number of rotatable bonds is 1. The van der Waals surface area contributed by atoms with Gasteiger partial charge in [-0.2, -0.15) is 0 Å². The maximum atomic E-state index is 13.3. The molecule has 1 aromatic heterocycles. The van der Waals surface area contributed by atoms with Crippen LogP contribution in [-0.2, 0) is 5.54 Å². The second-order valence-electron chi connectivity index (χ2n) is 3.88. The number of nitrogens with one attached hydrogen (secondary N) is 1. The molecule has 1 aromatic carbocycles. The molecule has 1 saturated carbocycles. The number of benzene rings is 1. The lowest BCUT2D eigenvalue weighted by molar-refractivity contribution is 0.635. The molecule has 3 nitrogen and oxygen atoms in total. The van der Waals surface area contributed by atoms with Crippen molar-refractivity contribution >= 4 is 11.0 Å². The molecule has 0 radical (unpaired) electrons. The zero-order valence-electron chi connectivity index (χ0n) is 7.55. The van der Waals surface area contributed by atoms with E-state index in [9.17, 15) is 4.39 Å². The zero-order chi connectivity index (χ0) is 9.76. The Morgan fingerprint density at radius 3 is 2.86 bits per heavy atom. The van der Waals surface area contributed by atoms with E-state index < -0.39 is 0 Å². The first-order valence-corrected chi connectivity index (χ1v) is 4.63. The Balaban J connectivity index is 2.25. The van der Waals surface area contributed by atoms with Gasteiger partial charge in [0.05, 0.1) is 11.1 Å². The van der Waals surface area contributed by atoms with E-state index in [1.165, 1.54) is 6.07 Å². The first kappa shape index (κ1) is 7.94. The van der Waals surface area contributed by atoms with Gasteiger partial charge in [-0.1, -0.05) is 6.07 Å². The lowest BCUT2D eigenvalue weighted by Gasteiger charge is -2.01. The van der Waals surface area contributed by atoms with Crippen molar-refractivity contribution in [2.24, 2.45) is 5.73 Å². The van der Waals surface area contributed by atoms with E-state index in [4.69, 9.17) is 5.73 Å². The van der Waals surface area contributed by atoms with Crippen LogP contribution in [-0.4, -0.2) is 9.97 Å². The van der Waals surface area contributed by atoms with Gasteiger partial charge in [-0.15, -0.1) is 0 Å². The van der Waals surface area contributed by atoms with Crippen LogP contribution in [0.1, 0.15) is 18.7 Å². The lowest BCUT2D eigenvalue weighted by Crippen LogP contribution is -2.20. The van der Waals surface area contributed by atoms with Crippen molar-refractivity contribution < 1.29 is 4.39 Å². The van der Waals surface area contributed by atoms with Gasteiger partial charge in [0.15, 0.2) is 5.82 Å². The molecule has 0 saturated heterocycles. The average Bonchev–Trinajstić information content (AvgIpc) is 2.77. The standard InChI is InChI=1S/C10H10FN3/c11-6-2-1-3-7-8(6)14-9(13-7)10(12)4-5-10/h1-3H,4-5,12H2,(H,13,14). The maximum absolute atomic E-state index is 13.3. The molecule has 0 bridgehead atoms. The van der Waals surface area contributed by atoms with Gasteiger partial charge in [0.1, 0.15) is 11.3 Å². The van der Waals surface area contributed by atoms with Gasteiger partial charge in [0, 0.05) is 0 Å². The van der Waals surface area contributed by atoms with Gasteiger partial charge in [-0.25, -0.2) is 9.37 Å². The molecule has 0 atom stereocenters. The van der Waals surface area contributed by atoms with E-state index in [0.29, 0.717) is 11.3 Å². The van der Waals surface area contributed by atoms with Gasteiger partial charge < -0.3 is 10.7 Å². The second kappa shape index (κ2) is 2.33. The van der Waals surface area contributed by atoms with Gasteiger partial charge >= 0.3 is 0 Å². The number of hydrogen-bond donors (Lipinski definition) is 2. The number of fused-ring (bicyclic) bond motifs is 1. The highest BCUT2D eigenvalue weighted by Gasteiger charge is 2.43. The fourth-order valence-electron chi connectivity index (χ4n) is 1.60. The molecule has 1 aliphatic rings. The number of para-hydroxylation sites is 1. The quantitative estimate of drug-likeness (QED) is 0.720. The van der Waals surface area contributed by atoms with Crippen LogP contribution in [0.25, 0.3) is 11.0 Å². The molecule has 1 aliphatic carbocycles. The minimum absolute atomic E-state index is 0.297. The summed E-state index contributed by atoms with van der Waals surface area (Å²) >= 11 is 0. The lowest BCUT2D eigenvalue weighted by atomic mass is 10.3. The van der Waals surface area contributed by atoms with E-state index in [0.717, 1.165) is 18.4 Å². The van der Waals surface area contributed by atoms with Crippen LogP contribution in [0.3, 0.4) is 0 Å². The second-order valence-corrected chi connectivity index (χ2v) is 3.88. The number of nitrogens with zero attached hydrogens (tertiary/aromatic N) is 1. The van der Waals surface area contributed by atoms with Gasteiger partial charge in [0.2, 0.25) is 0 Å². The predicted octanol–water partition coefficient (Wildman–Crippen LogP) is 1.65.